The van der Waals surface area contributed by atoms with E-state index in [2.05, 4.69) is 30.1 Å². The van der Waals surface area contributed by atoms with Gasteiger partial charge in [0.2, 0.25) is 0 Å². The van der Waals surface area contributed by atoms with Gasteiger partial charge in [-0.3, -0.25) is 0 Å². The fourth-order valence-corrected chi connectivity index (χ4v) is 2.09. The normalized spacial score (nSPS) is 10.7. The van der Waals surface area contributed by atoms with Crippen molar-refractivity contribution < 1.29 is 4.74 Å². The molecule has 90 valence electrons. The van der Waals surface area contributed by atoms with E-state index in [4.69, 9.17) is 4.74 Å². The quantitative estimate of drug-likeness (QED) is 0.730. The van der Waals surface area contributed by atoms with Gasteiger partial charge in [0, 0.05) is 22.7 Å². The van der Waals surface area contributed by atoms with Gasteiger partial charge in [-0.25, -0.2) is 0 Å². The van der Waals surface area contributed by atoms with Crippen molar-refractivity contribution in [3.8, 4) is 5.75 Å². The number of ether oxygens (including phenoxy) is 1. The summed E-state index contributed by atoms with van der Waals surface area (Å²) in [5.41, 5.74) is 3.62. The molecule has 2 heteroatoms. The molecule has 0 aliphatic heterocycles. The second kappa shape index (κ2) is 4.57. The number of aromatic nitrogens is 1. The van der Waals surface area contributed by atoms with Gasteiger partial charge in [-0.15, -0.1) is 0 Å². The Morgan fingerprint density at radius 1 is 1.06 bits per heavy atom. The van der Waals surface area contributed by atoms with Crippen molar-refractivity contribution in [1.29, 1.82) is 0 Å². The Labute approximate surface area is 106 Å². The molecule has 0 aliphatic carbocycles. The first-order valence-corrected chi connectivity index (χ1v) is 6.07. The van der Waals surface area contributed by atoms with Crippen LogP contribution in [0, 0.1) is 6.92 Å². The predicted molar refractivity (Wildman–Crippen MR) is 73.8 cm³/mol. The summed E-state index contributed by atoms with van der Waals surface area (Å²) in [6.45, 7) is 2.70. The number of aryl methyl sites for hydroxylation is 1. The van der Waals surface area contributed by atoms with Gasteiger partial charge in [-0.05, 0) is 31.2 Å². The summed E-state index contributed by atoms with van der Waals surface area (Å²) in [5.74, 6) is 0.902. The van der Waals surface area contributed by atoms with E-state index >= 15 is 0 Å². The average molecular weight is 237 g/mol. The van der Waals surface area contributed by atoms with Crippen LogP contribution in [0.1, 0.15) is 11.1 Å². The van der Waals surface area contributed by atoms with Gasteiger partial charge >= 0.3 is 0 Å². The predicted octanol–water partition coefficient (Wildman–Crippen LogP) is 4.06. The monoisotopic (exact) mass is 237 g/mol. The number of hydrogen-bond donors (Lipinski definition) is 1. The molecule has 0 atom stereocenters. The van der Waals surface area contributed by atoms with Crippen LogP contribution >= 0.6 is 0 Å². The summed E-state index contributed by atoms with van der Waals surface area (Å²) < 4.78 is 5.78. The van der Waals surface area contributed by atoms with Crippen molar-refractivity contribution in [2.45, 2.75) is 13.5 Å². The smallest absolute Gasteiger partial charge is 0.119 e. The fourth-order valence-electron chi connectivity index (χ4n) is 2.09. The van der Waals surface area contributed by atoms with Crippen LogP contribution in [0.2, 0.25) is 0 Å². The number of nitrogens with one attached hydrogen (secondary N) is 1. The number of rotatable bonds is 3. The lowest BCUT2D eigenvalue weighted by Crippen LogP contribution is -1.93. The number of aromatic amines is 1. The molecule has 3 rings (SSSR count). The molecule has 0 bridgehead atoms. The summed E-state index contributed by atoms with van der Waals surface area (Å²) in [6, 6.07) is 16.3. The van der Waals surface area contributed by atoms with Crippen LogP contribution in [0.4, 0.5) is 0 Å². The first kappa shape index (κ1) is 10.9. The standard InChI is InChI=1S/C16H15NO/c1-12-7-8-16-15(9-12)13(10-17-16)11-18-14-5-3-2-4-6-14/h2-10,17H,11H2,1H3. The summed E-state index contributed by atoms with van der Waals surface area (Å²) in [4.78, 5) is 3.27. The number of benzene rings is 2. The van der Waals surface area contributed by atoms with E-state index in [-0.39, 0.29) is 0 Å². The van der Waals surface area contributed by atoms with Crippen molar-refractivity contribution in [2.75, 3.05) is 0 Å². The SMILES string of the molecule is Cc1ccc2[nH]cc(COc3ccccc3)c2c1. The second-order valence-corrected chi connectivity index (χ2v) is 4.46. The minimum absolute atomic E-state index is 0.591. The molecule has 3 aromatic rings. The van der Waals surface area contributed by atoms with Gasteiger partial charge in [0.05, 0.1) is 0 Å². The first-order chi connectivity index (χ1) is 8.83. The molecule has 0 amide bonds. The summed E-state index contributed by atoms with van der Waals surface area (Å²) in [5, 5.41) is 1.24. The Morgan fingerprint density at radius 3 is 2.72 bits per heavy atom. The van der Waals surface area contributed by atoms with Crippen molar-refractivity contribution in [2.24, 2.45) is 0 Å². The lowest BCUT2D eigenvalue weighted by molar-refractivity contribution is 0.307. The van der Waals surface area contributed by atoms with Crippen molar-refractivity contribution >= 4 is 10.9 Å². The van der Waals surface area contributed by atoms with Crippen LogP contribution in [0.15, 0.2) is 54.7 Å². The largest absolute Gasteiger partial charge is 0.489 e. The van der Waals surface area contributed by atoms with Gasteiger partial charge in [-0.2, -0.15) is 0 Å². The molecule has 0 radical (unpaired) electrons. The van der Waals surface area contributed by atoms with E-state index in [1.165, 1.54) is 16.5 Å². The van der Waals surface area contributed by atoms with Crippen LogP contribution in [0.3, 0.4) is 0 Å². The Balaban J connectivity index is 1.85. The number of hydrogen-bond acceptors (Lipinski definition) is 1. The highest BCUT2D eigenvalue weighted by atomic mass is 16.5. The summed E-state index contributed by atoms with van der Waals surface area (Å²) in [7, 11) is 0. The molecule has 0 fully saturated rings. The van der Waals surface area contributed by atoms with Gasteiger partial charge in [0.15, 0.2) is 0 Å². The second-order valence-electron chi connectivity index (χ2n) is 4.46. The minimum Gasteiger partial charge on any atom is -0.489 e. The molecule has 1 heterocycles. The third kappa shape index (κ3) is 2.09. The molecule has 0 unspecified atom stereocenters. The van der Waals surface area contributed by atoms with E-state index < -0.39 is 0 Å². The maximum absolute atomic E-state index is 5.78. The average Bonchev–Trinajstić information content (AvgIpc) is 2.80. The Morgan fingerprint density at radius 2 is 1.89 bits per heavy atom. The molecule has 0 saturated carbocycles. The van der Waals surface area contributed by atoms with Gasteiger partial charge in [0.1, 0.15) is 12.4 Å². The zero-order chi connectivity index (χ0) is 12.4. The number of para-hydroxylation sites is 1. The Hall–Kier alpha value is -2.22. The zero-order valence-electron chi connectivity index (χ0n) is 10.3. The molecule has 1 N–H and O–H groups in total. The maximum atomic E-state index is 5.78. The van der Waals surface area contributed by atoms with E-state index in [9.17, 15) is 0 Å². The van der Waals surface area contributed by atoms with Crippen LogP contribution < -0.4 is 4.74 Å². The number of H-pyrrole nitrogens is 1. The maximum Gasteiger partial charge on any atom is 0.119 e. The van der Waals surface area contributed by atoms with Crippen LogP contribution in [0.25, 0.3) is 10.9 Å². The molecule has 18 heavy (non-hydrogen) atoms. The lowest BCUT2D eigenvalue weighted by Gasteiger charge is -2.05. The third-order valence-corrected chi connectivity index (χ3v) is 3.06. The van der Waals surface area contributed by atoms with E-state index in [0.717, 1.165) is 11.3 Å². The third-order valence-electron chi connectivity index (χ3n) is 3.06. The minimum atomic E-state index is 0.591. The lowest BCUT2D eigenvalue weighted by atomic mass is 10.1. The molecule has 0 aliphatic rings. The van der Waals surface area contributed by atoms with E-state index in [1.807, 2.05) is 36.5 Å². The zero-order valence-corrected chi connectivity index (χ0v) is 10.3. The van der Waals surface area contributed by atoms with Gasteiger partial charge in [-0.1, -0.05) is 29.8 Å². The topological polar surface area (TPSA) is 25.0 Å². The Bertz CT molecular complexity index is 655. The molecular weight excluding hydrogens is 222 g/mol. The van der Waals surface area contributed by atoms with Crippen LogP contribution in [-0.4, -0.2) is 4.98 Å². The van der Waals surface area contributed by atoms with E-state index in [0.29, 0.717) is 6.61 Å². The van der Waals surface area contributed by atoms with Crippen molar-refractivity contribution in [1.82, 2.24) is 4.98 Å². The molecule has 0 saturated heterocycles. The molecule has 0 spiro atoms. The van der Waals surface area contributed by atoms with Gasteiger partial charge in [0.25, 0.3) is 0 Å². The van der Waals surface area contributed by atoms with Crippen molar-refractivity contribution in [3.05, 3.63) is 65.9 Å². The van der Waals surface area contributed by atoms with Crippen molar-refractivity contribution in [3.63, 3.8) is 0 Å². The molecule has 2 aromatic carbocycles. The number of fused-ring (bicyclic) bond motifs is 1. The first-order valence-electron chi connectivity index (χ1n) is 6.07. The molecule has 2 nitrogen and oxygen atoms in total. The Kier molecular flexibility index (Phi) is 2.77. The fraction of sp³-hybridized carbons (Fsp3) is 0.125. The van der Waals surface area contributed by atoms with Gasteiger partial charge < -0.3 is 9.72 Å². The highest BCUT2D eigenvalue weighted by molar-refractivity contribution is 5.83. The van der Waals surface area contributed by atoms with Crippen LogP contribution in [-0.2, 0) is 6.61 Å². The summed E-state index contributed by atoms with van der Waals surface area (Å²) >= 11 is 0. The molecule has 1 aromatic heterocycles. The molecular formula is C16H15NO. The van der Waals surface area contributed by atoms with Crippen LogP contribution in [0.5, 0.6) is 5.75 Å². The van der Waals surface area contributed by atoms with E-state index in [1.54, 1.807) is 0 Å². The highest BCUT2D eigenvalue weighted by Crippen LogP contribution is 2.21. The summed E-state index contributed by atoms with van der Waals surface area (Å²) in [6.07, 6.45) is 2.02. The highest BCUT2D eigenvalue weighted by Gasteiger charge is 2.04.